The standard InChI is InChI=1S/C15H23NOS/c1-11-7-8-14(9-12(11)2)18(17)15-6-4-3-5-13(15)10-16/h7-9,13,15H,3-6,10,16H2,1-2H3. The van der Waals surface area contributed by atoms with E-state index >= 15 is 0 Å². The number of hydrogen-bond donors (Lipinski definition) is 1. The molecule has 3 unspecified atom stereocenters. The van der Waals surface area contributed by atoms with Crippen molar-refractivity contribution in [1.82, 2.24) is 0 Å². The van der Waals surface area contributed by atoms with E-state index in [9.17, 15) is 4.21 Å². The second-order valence-corrected chi connectivity index (χ2v) is 7.03. The molecule has 1 fully saturated rings. The summed E-state index contributed by atoms with van der Waals surface area (Å²) in [5.41, 5.74) is 8.31. The Labute approximate surface area is 112 Å². The second kappa shape index (κ2) is 5.98. The fourth-order valence-corrected chi connectivity index (χ4v) is 4.56. The molecule has 1 aromatic carbocycles. The SMILES string of the molecule is Cc1ccc(S(=O)C2CCCCC2CN)cc1C. The molecule has 0 spiro atoms. The molecule has 2 rings (SSSR count). The zero-order chi connectivity index (χ0) is 13.1. The molecular weight excluding hydrogens is 242 g/mol. The fraction of sp³-hybridized carbons (Fsp3) is 0.600. The Morgan fingerprint density at radius 3 is 2.61 bits per heavy atom. The van der Waals surface area contributed by atoms with Crippen molar-refractivity contribution in [3.05, 3.63) is 29.3 Å². The molecule has 2 nitrogen and oxygen atoms in total. The van der Waals surface area contributed by atoms with Crippen LogP contribution in [0.25, 0.3) is 0 Å². The monoisotopic (exact) mass is 265 g/mol. The van der Waals surface area contributed by atoms with Gasteiger partial charge in [0.15, 0.2) is 0 Å². The van der Waals surface area contributed by atoms with E-state index in [0.717, 1.165) is 17.7 Å². The van der Waals surface area contributed by atoms with Crippen molar-refractivity contribution in [2.45, 2.75) is 49.7 Å². The molecule has 0 aliphatic heterocycles. The van der Waals surface area contributed by atoms with Crippen molar-refractivity contribution in [1.29, 1.82) is 0 Å². The quantitative estimate of drug-likeness (QED) is 0.913. The Hall–Kier alpha value is -0.670. The smallest absolute Gasteiger partial charge is 0.0564 e. The number of benzene rings is 1. The van der Waals surface area contributed by atoms with Gasteiger partial charge in [-0.2, -0.15) is 0 Å². The molecule has 0 heterocycles. The molecule has 0 saturated heterocycles. The van der Waals surface area contributed by atoms with Gasteiger partial charge in [-0.05, 0) is 62.4 Å². The van der Waals surface area contributed by atoms with Crippen molar-refractivity contribution in [3.8, 4) is 0 Å². The summed E-state index contributed by atoms with van der Waals surface area (Å²) in [6, 6.07) is 6.16. The molecule has 0 radical (unpaired) electrons. The molecule has 0 aromatic heterocycles. The van der Waals surface area contributed by atoms with Crippen LogP contribution in [-0.2, 0) is 10.8 Å². The van der Waals surface area contributed by atoms with E-state index in [1.807, 2.05) is 6.07 Å². The minimum Gasteiger partial charge on any atom is -0.330 e. The van der Waals surface area contributed by atoms with Gasteiger partial charge in [-0.1, -0.05) is 18.9 Å². The van der Waals surface area contributed by atoms with Gasteiger partial charge >= 0.3 is 0 Å². The van der Waals surface area contributed by atoms with Crippen molar-refractivity contribution >= 4 is 10.8 Å². The van der Waals surface area contributed by atoms with Crippen molar-refractivity contribution in [3.63, 3.8) is 0 Å². The first-order chi connectivity index (χ1) is 8.63. The Balaban J connectivity index is 2.21. The minimum absolute atomic E-state index is 0.255. The van der Waals surface area contributed by atoms with Crippen LogP contribution in [0.15, 0.2) is 23.1 Å². The predicted molar refractivity (Wildman–Crippen MR) is 77.1 cm³/mol. The molecule has 2 N–H and O–H groups in total. The summed E-state index contributed by atoms with van der Waals surface area (Å²) in [5.74, 6) is 0.432. The van der Waals surface area contributed by atoms with E-state index < -0.39 is 10.8 Å². The zero-order valence-corrected chi connectivity index (χ0v) is 12.1. The van der Waals surface area contributed by atoms with E-state index in [4.69, 9.17) is 5.73 Å². The van der Waals surface area contributed by atoms with Gasteiger partial charge < -0.3 is 5.73 Å². The van der Waals surface area contributed by atoms with Crippen LogP contribution in [0.5, 0.6) is 0 Å². The molecule has 0 amide bonds. The van der Waals surface area contributed by atoms with Gasteiger partial charge in [0, 0.05) is 10.1 Å². The van der Waals surface area contributed by atoms with Crippen LogP contribution in [0.2, 0.25) is 0 Å². The molecule has 1 aliphatic rings. The van der Waals surface area contributed by atoms with Gasteiger partial charge in [0.1, 0.15) is 0 Å². The van der Waals surface area contributed by atoms with Crippen molar-refractivity contribution < 1.29 is 4.21 Å². The summed E-state index contributed by atoms with van der Waals surface area (Å²) in [6.07, 6.45) is 4.62. The summed E-state index contributed by atoms with van der Waals surface area (Å²) in [7, 11) is -0.898. The number of rotatable bonds is 3. The Bertz CT molecular complexity index is 444. The molecule has 18 heavy (non-hydrogen) atoms. The normalized spacial score (nSPS) is 25.9. The van der Waals surface area contributed by atoms with Gasteiger partial charge in [0.25, 0.3) is 0 Å². The fourth-order valence-electron chi connectivity index (χ4n) is 2.74. The summed E-state index contributed by atoms with van der Waals surface area (Å²) < 4.78 is 12.7. The highest BCUT2D eigenvalue weighted by atomic mass is 32.2. The van der Waals surface area contributed by atoms with Crippen LogP contribution in [-0.4, -0.2) is 16.0 Å². The lowest BCUT2D eigenvalue weighted by molar-refractivity contribution is 0.372. The summed E-state index contributed by atoms with van der Waals surface area (Å²) in [6.45, 7) is 4.84. The van der Waals surface area contributed by atoms with Crippen molar-refractivity contribution in [2.24, 2.45) is 11.7 Å². The van der Waals surface area contributed by atoms with Crippen LogP contribution in [0.3, 0.4) is 0 Å². The average molecular weight is 265 g/mol. The third kappa shape index (κ3) is 2.83. The number of hydrogen-bond acceptors (Lipinski definition) is 2. The van der Waals surface area contributed by atoms with Gasteiger partial charge in [0.05, 0.1) is 10.8 Å². The third-order valence-electron chi connectivity index (χ3n) is 4.13. The highest BCUT2D eigenvalue weighted by Gasteiger charge is 2.29. The van der Waals surface area contributed by atoms with E-state index in [2.05, 4.69) is 26.0 Å². The van der Waals surface area contributed by atoms with Crippen LogP contribution >= 0.6 is 0 Å². The van der Waals surface area contributed by atoms with Crippen LogP contribution < -0.4 is 5.73 Å². The highest BCUT2D eigenvalue weighted by Crippen LogP contribution is 2.30. The van der Waals surface area contributed by atoms with Crippen LogP contribution in [0, 0.1) is 19.8 Å². The second-order valence-electron chi connectivity index (χ2n) is 5.36. The van der Waals surface area contributed by atoms with E-state index in [1.54, 1.807) is 0 Å². The predicted octanol–water partition coefficient (Wildman–Crippen LogP) is 2.93. The molecule has 1 aliphatic carbocycles. The molecule has 0 bridgehead atoms. The van der Waals surface area contributed by atoms with E-state index in [0.29, 0.717) is 12.5 Å². The van der Waals surface area contributed by atoms with Crippen LogP contribution in [0.1, 0.15) is 36.8 Å². The maximum atomic E-state index is 12.7. The molecule has 1 saturated carbocycles. The summed E-state index contributed by atoms with van der Waals surface area (Å²) in [5, 5.41) is 0.255. The first kappa shape index (κ1) is 13.8. The van der Waals surface area contributed by atoms with Crippen molar-refractivity contribution in [2.75, 3.05) is 6.54 Å². The Kier molecular flexibility index (Phi) is 4.57. The van der Waals surface area contributed by atoms with E-state index in [-0.39, 0.29) is 5.25 Å². The first-order valence-corrected chi connectivity index (χ1v) is 8.02. The highest BCUT2D eigenvalue weighted by molar-refractivity contribution is 7.85. The molecule has 100 valence electrons. The lowest BCUT2D eigenvalue weighted by Gasteiger charge is -2.30. The maximum absolute atomic E-state index is 12.7. The Morgan fingerprint density at radius 1 is 1.22 bits per heavy atom. The maximum Gasteiger partial charge on any atom is 0.0564 e. The lowest BCUT2D eigenvalue weighted by Crippen LogP contribution is -2.34. The number of nitrogens with two attached hydrogens (primary N) is 1. The third-order valence-corrected chi connectivity index (χ3v) is 6.02. The molecular formula is C15H23NOS. The zero-order valence-electron chi connectivity index (χ0n) is 11.3. The van der Waals surface area contributed by atoms with Gasteiger partial charge in [-0.15, -0.1) is 0 Å². The average Bonchev–Trinajstić information content (AvgIpc) is 2.41. The van der Waals surface area contributed by atoms with Crippen LogP contribution in [0.4, 0.5) is 0 Å². The Morgan fingerprint density at radius 2 is 1.94 bits per heavy atom. The largest absolute Gasteiger partial charge is 0.330 e. The molecule has 3 atom stereocenters. The van der Waals surface area contributed by atoms with E-state index in [1.165, 1.54) is 24.0 Å². The van der Waals surface area contributed by atoms with Gasteiger partial charge in [0.2, 0.25) is 0 Å². The topological polar surface area (TPSA) is 43.1 Å². The number of aryl methyl sites for hydroxylation is 2. The lowest BCUT2D eigenvalue weighted by atomic mass is 9.89. The summed E-state index contributed by atoms with van der Waals surface area (Å²) in [4.78, 5) is 0.975. The first-order valence-electron chi connectivity index (χ1n) is 6.81. The molecule has 3 heteroatoms. The van der Waals surface area contributed by atoms with Gasteiger partial charge in [-0.25, -0.2) is 0 Å². The minimum atomic E-state index is -0.898. The van der Waals surface area contributed by atoms with Gasteiger partial charge in [-0.3, -0.25) is 4.21 Å². The summed E-state index contributed by atoms with van der Waals surface area (Å²) >= 11 is 0. The molecule has 1 aromatic rings.